The van der Waals surface area contributed by atoms with Crippen molar-refractivity contribution in [3.63, 3.8) is 0 Å². The highest BCUT2D eigenvalue weighted by atomic mass is 16.6. The van der Waals surface area contributed by atoms with Gasteiger partial charge in [-0.1, -0.05) is 12.1 Å². The van der Waals surface area contributed by atoms with Crippen LogP contribution in [-0.2, 0) is 16.1 Å². The molecule has 1 aromatic carbocycles. The maximum atomic E-state index is 12.5. The van der Waals surface area contributed by atoms with Crippen molar-refractivity contribution in [1.82, 2.24) is 4.90 Å². The minimum atomic E-state index is -0.453. The lowest BCUT2D eigenvalue weighted by atomic mass is 10.00. The fourth-order valence-corrected chi connectivity index (χ4v) is 3.90. The minimum absolute atomic E-state index is 0.147. The number of hydrogen-bond donors (Lipinski definition) is 0. The zero-order valence-corrected chi connectivity index (χ0v) is 15.7. The van der Waals surface area contributed by atoms with Gasteiger partial charge in [-0.3, -0.25) is 0 Å². The summed E-state index contributed by atoms with van der Waals surface area (Å²) in [6.07, 6.45) is 3.77. The van der Waals surface area contributed by atoms with E-state index in [0.29, 0.717) is 6.61 Å². The molecule has 2 heterocycles. The second-order valence-electron chi connectivity index (χ2n) is 8.06. The molecule has 3 rings (SSSR count). The molecule has 1 amide bonds. The Morgan fingerprint density at radius 1 is 1.20 bits per heavy atom. The van der Waals surface area contributed by atoms with Crippen LogP contribution in [0.5, 0.6) is 5.75 Å². The molecule has 2 fully saturated rings. The van der Waals surface area contributed by atoms with Gasteiger partial charge in [-0.05, 0) is 51.3 Å². The van der Waals surface area contributed by atoms with Gasteiger partial charge in [0.05, 0.1) is 6.61 Å². The summed E-state index contributed by atoms with van der Waals surface area (Å²) in [6.45, 7) is 6.32. The Labute approximate surface area is 150 Å². The number of carbonyl (C=O) groups is 1. The van der Waals surface area contributed by atoms with Crippen molar-refractivity contribution in [3.05, 3.63) is 29.8 Å². The number of amides is 1. The number of piperidine rings is 1. The third kappa shape index (κ3) is 4.46. The van der Waals surface area contributed by atoms with Gasteiger partial charge in [-0.2, -0.15) is 0 Å². The second-order valence-corrected chi connectivity index (χ2v) is 8.06. The zero-order valence-electron chi connectivity index (χ0n) is 15.7. The van der Waals surface area contributed by atoms with Gasteiger partial charge in [0.2, 0.25) is 0 Å². The van der Waals surface area contributed by atoms with E-state index >= 15 is 0 Å². The molecule has 2 bridgehead atoms. The van der Waals surface area contributed by atoms with E-state index in [9.17, 15) is 4.79 Å². The maximum absolute atomic E-state index is 12.5. The number of ether oxygens (including phenoxy) is 3. The quantitative estimate of drug-likeness (QED) is 0.821. The largest absolute Gasteiger partial charge is 0.490 e. The van der Waals surface area contributed by atoms with Gasteiger partial charge in [-0.15, -0.1) is 0 Å². The number of carbonyl (C=O) groups excluding carboxylic acids is 1. The summed E-state index contributed by atoms with van der Waals surface area (Å²) in [4.78, 5) is 14.5. The number of nitrogens with zero attached hydrogens (tertiary/aromatic N) is 1. The van der Waals surface area contributed by atoms with Crippen molar-refractivity contribution in [3.8, 4) is 5.75 Å². The number of hydrogen-bond acceptors (Lipinski definition) is 4. The van der Waals surface area contributed by atoms with E-state index in [2.05, 4.69) is 0 Å². The lowest BCUT2D eigenvalue weighted by Gasteiger charge is -2.39. The van der Waals surface area contributed by atoms with Crippen molar-refractivity contribution >= 4 is 6.09 Å². The molecule has 2 saturated heterocycles. The fraction of sp³-hybridized carbons (Fsp3) is 0.650. The first kappa shape index (κ1) is 18.1. The summed E-state index contributed by atoms with van der Waals surface area (Å²) < 4.78 is 17.0. The molecule has 0 N–H and O–H groups in total. The number of benzene rings is 1. The standard InChI is InChI=1S/C20H29NO4/c1-20(2,3)25-19(22)21-15-8-9-16(21)12-18(11-15)24-17-7-5-6-14(10-17)13-23-4/h5-7,10,15-16,18H,8-9,11-13H2,1-4H3/t15-,16+,18?. The average molecular weight is 347 g/mol. The summed E-state index contributed by atoms with van der Waals surface area (Å²) >= 11 is 0. The third-order valence-electron chi connectivity index (χ3n) is 4.81. The molecule has 1 unspecified atom stereocenters. The van der Waals surface area contributed by atoms with E-state index < -0.39 is 5.60 Å². The summed E-state index contributed by atoms with van der Waals surface area (Å²) in [5.41, 5.74) is 0.653. The Morgan fingerprint density at radius 3 is 2.48 bits per heavy atom. The number of fused-ring (bicyclic) bond motifs is 2. The molecule has 2 aliphatic heterocycles. The Hall–Kier alpha value is -1.75. The molecule has 1 aromatic rings. The molecule has 5 nitrogen and oxygen atoms in total. The summed E-state index contributed by atoms with van der Waals surface area (Å²) in [7, 11) is 1.69. The first-order valence-corrected chi connectivity index (χ1v) is 9.11. The van der Waals surface area contributed by atoms with Gasteiger partial charge in [0.15, 0.2) is 0 Å². The molecule has 3 atom stereocenters. The third-order valence-corrected chi connectivity index (χ3v) is 4.81. The number of rotatable bonds is 4. The van der Waals surface area contributed by atoms with Crippen molar-refractivity contribution in [1.29, 1.82) is 0 Å². The van der Waals surface area contributed by atoms with Crippen LogP contribution in [0.4, 0.5) is 4.79 Å². The number of methoxy groups -OCH3 is 1. The zero-order chi connectivity index (χ0) is 18.0. The van der Waals surface area contributed by atoms with Crippen LogP contribution < -0.4 is 4.74 Å². The summed E-state index contributed by atoms with van der Waals surface area (Å²) in [5, 5.41) is 0. The molecule has 138 valence electrons. The molecule has 2 aliphatic rings. The molecule has 0 aliphatic carbocycles. The monoisotopic (exact) mass is 347 g/mol. The van der Waals surface area contributed by atoms with Crippen LogP contribution in [0.25, 0.3) is 0 Å². The van der Waals surface area contributed by atoms with E-state index in [4.69, 9.17) is 14.2 Å². The van der Waals surface area contributed by atoms with E-state index in [1.807, 2.05) is 49.9 Å². The first-order chi connectivity index (χ1) is 11.9. The van der Waals surface area contributed by atoms with Crippen LogP contribution in [0.2, 0.25) is 0 Å². The van der Waals surface area contributed by atoms with Crippen molar-refractivity contribution < 1.29 is 19.0 Å². The average Bonchev–Trinajstić information content (AvgIpc) is 2.78. The second kappa shape index (κ2) is 7.24. The maximum Gasteiger partial charge on any atom is 0.410 e. The van der Waals surface area contributed by atoms with Crippen molar-refractivity contribution in [2.24, 2.45) is 0 Å². The SMILES string of the molecule is COCc1cccc(OC2C[C@H]3CC[C@@H](C2)N3C(=O)OC(C)(C)C)c1. The Balaban J connectivity index is 1.62. The Morgan fingerprint density at radius 2 is 1.88 bits per heavy atom. The van der Waals surface area contributed by atoms with Crippen LogP contribution in [0.15, 0.2) is 24.3 Å². The normalized spacial score (nSPS) is 25.8. The lowest BCUT2D eigenvalue weighted by molar-refractivity contribution is -0.00709. The highest BCUT2D eigenvalue weighted by Gasteiger charge is 2.45. The van der Waals surface area contributed by atoms with Gasteiger partial charge in [0.25, 0.3) is 0 Å². The summed E-state index contributed by atoms with van der Waals surface area (Å²) in [5.74, 6) is 0.879. The molecule has 0 radical (unpaired) electrons. The van der Waals surface area contributed by atoms with Gasteiger partial charge in [0, 0.05) is 32.0 Å². The molecule has 0 aromatic heterocycles. The van der Waals surface area contributed by atoms with Gasteiger partial charge in [-0.25, -0.2) is 4.79 Å². The van der Waals surface area contributed by atoms with Crippen LogP contribution in [0.3, 0.4) is 0 Å². The molecular weight excluding hydrogens is 318 g/mol. The Bertz CT molecular complexity index is 596. The van der Waals surface area contributed by atoms with Gasteiger partial charge >= 0.3 is 6.09 Å². The molecule has 0 spiro atoms. The predicted octanol–water partition coefficient (Wildman–Crippen LogP) is 4.14. The lowest BCUT2D eigenvalue weighted by Crippen LogP contribution is -2.50. The first-order valence-electron chi connectivity index (χ1n) is 9.11. The van der Waals surface area contributed by atoms with Crippen molar-refractivity contribution in [2.45, 2.75) is 76.9 Å². The Kier molecular flexibility index (Phi) is 5.23. The fourth-order valence-electron chi connectivity index (χ4n) is 3.90. The van der Waals surface area contributed by atoms with E-state index in [1.165, 1.54) is 0 Å². The van der Waals surface area contributed by atoms with Crippen LogP contribution in [0.1, 0.15) is 52.0 Å². The predicted molar refractivity (Wildman–Crippen MR) is 95.7 cm³/mol. The molecule has 0 saturated carbocycles. The molecular formula is C20H29NO4. The van der Waals surface area contributed by atoms with Crippen molar-refractivity contribution in [2.75, 3.05) is 7.11 Å². The molecule has 25 heavy (non-hydrogen) atoms. The topological polar surface area (TPSA) is 48.0 Å². The summed E-state index contributed by atoms with van der Waals surface area (Å²) in [6, 6.07) is 8.49. The van der Waals surface area contributed by atoms with E-state index in [0.717, 1.165) is 37.0 Å². The smallest absolute Gasteiger partial charge is 0.410 e. The van der Waals surface area contributed by atoms with E-state index in [-0.39, 0.29) is 24.3 Å². The highest BCUT2D eigenvalue weighted by molar-refractivity contribution is 5.69. The highest BCUT2D eigenvalue weighted by Crippen LogP contribution is 2.38. The van der Waals surface area contributed by atoms with Gasteiger partial charge in [0.1, 0.15) is 17.5 Å². The van der Waals surface area contributed by atoms with Crippen LogP contribution in [0, 0.1) is 0 Å². The van der Waals surface area contributed by atoms with Crippen LogP contribution in [-0.4, -0.2) is 41.9 Å². The molecule has 5 heteroatoms. The van der Waals surface area contributed by atoms with Crippen LogP contribution >= 0.6 is 0 Å². The van der Waals surface area contributed by atoms with Gasteiger partial charge < -0.3 is 19.1 Å². The minimum Gasteiger partial charge on any atom is -0.490 e. The van der Waals surface area contributed by atoms with E-state index in [1.54, 1.807) is 7.11 Å².